The number of hydrogen-bond acceptors (Lipinski definition) is 4. The van der Waals surface area contributed by atoms with Crippen molar-refractivity contribution >= 4 is 47.7 Å². The molecule has 1 aromatic rings. The number of quaternary nitrogens is 1. The predicted octanol–water partition coefficient (Wildman–Crippen LogP) is 2.94. The van der Waals surface area contributed by atoms with Gasteiger partial charge in [0, 0.05) is 5.69 Å². The molecule has 0 aromatic heterocycles. The van der Waals surface area contributed by atoms with Crippen molar-refractivity contribution in [3.63, 3.8) is 0 Å². The Bertz CT molecular complexity index is 603. The monoisotopic (exact) mass is 473 g/mol. The van der Waals surface area contributed by atoms with Gasteiger partial charge in [-0.2, -0.15) is 8.42 Å². The fourth-order valence-electron chi connectivity index (χ4n) is 1.55. The Morgan fingerprint density at radius 3 is 2.17 bits per heavy atom. The number of nitrogens with two attached hydrogens (primary N) is 1. The zero-order valence-corrected chi connectivity index (χ0v) is 17.4. The highest BCUT2D eigenvalue weighted by molar-refractivity contribution is 9.11. The topological polar surface area (TPSA) is 89.6 Å². The Morgan fingerprint density at radius 1 is 1.35 bits per heavy atom. The molecule has 0 aliphatic carbocycles. The number of halogens is 2. The van der Waals surface area contributed by atoms with Crippen LogP contribution in [0.25, 0.3) is 0 Å². The first-order valence-electron chi connectivity index (χ1n) is 6.58. The van der Waals surface area contributed by atoms with Gasteiger partial charge < -0.3 is 15.0 Å². The Balaban J connectivity index is 0.000000841. The van der Waals surface area contributed by atoms with Crippen molar-refractivity contribution in [2.45, 2.75) is 0 Å². The van der Waals surface area contributed by atoms with E-state index >= 15 is 0 Å². The van der Waals surface area contributed by atoms with Crippen LogP contribution < -0.4 is 10.5 Å². The number of hydrogen-bond donors (Lipinski definition) is 2. The lowest BCUT2D eigenvalue weighted by Crippen LogP contribution is -2.42. The summed E-state index contributed by atoms with van der Waals surface area (Å²) < 4.78 is 34.3. The fourth-order valence-corrected chi connectivity index (χ4v) is 3.00. The van der Waals surface area contributed by atoms with Crippen molar-refractivity contribution in [1.29, 1.82) is 0 Å². The van der Waals surface area contributed by atoms with Crippen molar-refractivity contribution in [3.8, 4) is 5.75 Å². The third-order valence-corrected chi connectivity index (χ3v) is 3.77. The quantitative estimate of drug-likeness (QED) is 0.286. The van der Waals surface area contributed by atoms with Crippen LogP contribution in [-0.4, -0.2) is 57.5 Å². The first kappa shape index (κ1) is 22.4. The lowest BCUT2D eigenvalue weighted by Gasteiger charge is -2.28. The van der Waals surface area contributed by atoms with E-state index in [-0.39, 0.29) is 0 Å². The van der Waals surface area contributed by atoms with Crippen LogP contribution in [0.3, 0.4) is 0 Å². The van der Waals surface area contributed by atoms with Gasteiger partial charge in [-0.05, 0) is 50.1 Å². The van der Waals surface area contributed by atoms with E-state index in [0.29, 0.717) is 18.6 Å². The molecule has 1 aromatic carbocycles. The van der Waals surface area contributed by atoms with E-state index in [1.165, 1.54) is 0 Å². The van der Waals surface area contributed by atoms with Crippen molar-refractivity contribution in [1.82, 2.24) is 0 Å². The first-order valence-corrected chi connectivity index (χ1v) is 10.0. The second-order valence-corrected chi connectivity index (χ2v) is 8.70. The molecular formula is C14H23Br2N2O4S+. The van der Waals surface area contributed by atoms with Crippen LogP contribution in [0.2, 0.25) is 0 Å². The van der Waals surface area contributed by atoms with Gasteiger partial charge in [0.05, 0.1) is 35.8 Å². The molecule has 0 radical (unpaired) electrons. The summed E-state index contributed by atoms with van der Waals surface area (Å²) in [5.41, 5.74) is 6.43. The molecule has 0 saturated carbocycles. The van der Waals surface area contributed by atoms with E-state index in [9.17, 15) is 8.42 Å². The van der Waals surface area contributed by atoms with E-state index in [4.69, 9.17) is 15.0 Å². The zero-order chi connectivity index (χ0) is 18.3. The Hall–Kier alpha value is -0.610. The third kappa shape index (κ3) is 11.5. The Kier molecular flexibility index (Phi) is 9.37. The number of rotatable bonds is 6. The molecule has 0 unspecified atom stereocenters. The average Bonchev–Trinajstić information content (AvgIpc) is 2.30. The molecule has 23 heavy (non-hydrogen) atoms. The first-order chi connectivity index (χ1) is 10.4. The molecule has 1 rings (SSSR count). The van der Waals surface area contributed by atoms with Crippen LogP contribution in [-0.2, 0) is 10.1 Å². The summed E-state index contributed by atoms with van der Waals surface area (Å²) in [6, 6.07) is 3.67. The standard InChI is InChI=1S/C13H19Br2N2O.CH4O3S/c1-4-5-17(2,3)6-7-18-13-11(14)8-10(16)9-12(13)15;1-5(2,3)4/h4,8-9H,1,5-7,16H2,2-3H3;1H3,(H,2,3,4)/q+1;. The number of nitrogens with zero attached hydrogens (tertiary/aromatic N) is 1. The van der Waals surface area contributed by atoms with E-state index in [0.717, 1.165) is 32.3 Å². The van der Waals surface area contributed by atoms with Crippen molar-refractivity contribution in [2.75, 3.05) is 45.8 Å². The van der Waals surface area contributed by atoms with Crippen LogP contribution in [0.1, 0.15) is 0 Å². The van der Waals surface area contributed by atoms with Crippen molar-refractivity contribution < 1.29 is 22.2 Å². The average molecular weight is 475 g/mol. The lowest BCUT2D eigenvalue weighted by atomic mass is 10.3. The molecule has 0 spiro atoms. The van der Waals surface area contributed by atoms with Crippen LogP contribution in [0, 0.1) is 0 Å². The number of benzene rings is 1. The van der Waals surface area contributed by atoms with Crippen LogP contribution in [0.5, 0.6) is 5.75 Å². The molecule has 0 bridgehead atoms. The zero-order valence-electron chi connectivity index (χ0n) is 13.4. The largest absolute Gasteiger partial charge is 0.485 e. The van der Waals surface area contributed by atoms with Gasteiger partial charge in [-0.15, -0.1) is 0 Å². The molecular weight excluding hydrogens is 452 g/mol. The van der Waals surface area contributed by atoms with E-state index in [1.807, 2.05) is 18.2 Å². The summed E-state index contributed by atoms with van der Waals surface area (Å²) >= 11 is 6.91. The number of likely N-dealkylation sites (N-methyl/N-ethyl adjacent to an activating group) is 1. The molecule has 0 atom stereocenters. The van der Waals surface area contributed by atoms with Gasteiger partial charge in [-0.1, -0.05) is 6.58 Å². The minimum atomic E-state index is -3.67. The highest BCUT2D eigenvalue weighted by Crippen LogP contribution is 2.35. The maximum Gasteiger partial charge on any atom is 0.261 e. The molecule has 0 amide bonds. The summed E-state index contributed by atoms with van der Waals surface area (Å²) in [6.45, 7) is 6.24. The lowest BCUT2D eigenvalue weighted by molar-refractivity contribution is -0.884. The van der Waals surface area contributed by atoms with Gasteiger partial charge in [0.2, 0.25) is 0 Å². The Morgan fingerprint density at radius 2 is 1.78 bits per heavy atom. The van der Waals surface area contributed by atoms with Gasteiger partial charge in [0.25, 0.3) is 10.1 Å². The molecule has 9 heteroatoms. The van der Waals surface area contributed by atoms with Gasteiger partial charge in [-0.3, -0.25) is 4.55 Å². The summed E-state index contributed by atoms with van der Waals surface area (Å²) in [5.74, 6) is 0.794. The molecule has 0 saturated heterocycles. The second kappa shape index (κ2) is 9.63. The molecule has 0 heterocycles. The normalized spacial score (nSPS) is 11.4. The highest BCUT2D eigenvalue weighted by Gasteiger charge is 2.14. The smallest absolute Gasteiger partial charge is 0.261 e. The third-order valence-electron chi connectivity index (χ3n) is 2.59. The van der Waals surface area contributed by atoms with E-state index in [1.54, 1.807) is 0 Å². The molecule has 3 N–H and O–H groups in total. The highest BCUT2D eigenvalue weighted by atomic mass is 79.9. The molecule has 0 fully saturated rings. The van der Waals surface area contributed by atoms with Crippen LogP contribution in [0.15, 0.2) is 33.7 Å². The summed E-state index contributed by atoms with van der Waals surface area (Å²) in [4.78, 5) is 0. The predicted molar refractivity (Wildman–Crippen MR) is 101 cm³/mol. The van der Waals surface area contributed by atoms with E-state index in [2.05, 4.69) is 52.5 Å². The van der Waals surface area contributed by atoms with Crippen molar-refractivity contribution in [3.05, 3.63) is 33.7 Å². The van der Waals surface area contributed by atoms with Gasteiger partial charge in [-0.25, -0.2) is 0 Å². The fraction of sp³-hybridized carbons (Fsp3) is 0.429. The van der Waals surface area contributed by atoms with Gasteiger partial charge >= 0.3 is 0 Å². The Labute approximate surface area is 154 Å². The minimum absolute atomic E-state index is 0.641. The maximum absolute atomic E-state index is 9.19. The number of anilines is 1. The van der Waals surface area contributed by atoms with Crippen molar-refractivity contribution in [2.24, 2.45) is 0 Å². The SMILES string of the molecule is C=CC[N+](C)(C)CCOc1c(Br)cc(N)cc1Br.CS(=O)(=O)O. The van der Waals surface area contributed by atoms with Gasteiger partial charge in [0.1, 0.15) is 18.9 Å². The maximum atomic E-state index is 9.19. The van der Waals surface area contributed by atoms with E-state index < -0.39 is 10.1 Å². The summed E-state index contributed by atoms with van der Waals surface area (Å²) in [7, 11) is 0.635. The second-order valence-electron chi connectivity index (χ2n) is 5.53. The number of nitrogen functional groups attached to an aromatic ring is 1. The molecule has 0 aliphatic rings. The summed E-state index contributed by atoms with van der Waals surface area (Å²) in [5, 5.41) is 0. The number of ether oxygens (including phenoxy) is 1. The molecule has 6 nitrogen and oxygen atoms in total. The minimum Gasteiger partial charge on any atom is -0.485 e. The van der Waals surface area contributed by atoms with Crippen LogP contribution in [0.4, 0.5) is 5.69 Å². The molecule has 0 aliphatic heterocycles. The van der Waals surface area contributed by atoms with Gasteiger partial charge in [0.15, 0.2) is 0 Å². The summed E-state index contributed by atoms with van der Waals surface area (Å²) in [6.07, 6.45) is 2.64. The molecule has 132 valence electrons. The van der Waals surface area contributed by atoms with Crippen LogP contribution >= 0.6 is 31.9 Å².